The van der Waals surface area contributed by atoms with Crippen LogP contribution in [-0.4, -0.2) is 40.1 Å². The number of carbonyl (C=O) groups is 2. The summed E-state index contributed by atoms with van der Waals surface area (Å²) in [6.45, 7) is 1.02. The number of anilines is 1. The van der Waals surface area contributed by atoms with Crippen LogP contribution in [0.1, 0.15) is 19.3 Å². The molecule has 1 atom stereocenters. The van der Waals surface area contributed by atoms with Crippen molar-refractivity contribution >= 4 is 29.3 Å². The monoisotopic (exact) mass is 309 g/mol. The van der Waals surface area contributed by atoms with Crippen molar-refractivity contribution in [1.29, 1.82) is 0 Å². The Morgan fingerprint density at radius 2 is 2.10 bits per heavy atom. The van der Waals surface area contributed by atoms with Crippen LogP contribution in [-0.2, 0) is 4.79 Å². The normalized spacial score (nSPS) is 22.9. The fraction of sp³-hybridized carbons (Fsp3) is 0.500. The van der Waals surface area contributed by atoms with Crippen LogP contribution < -0.4 is 5.32 Å². The number of hydrogen-bond acceptors (Lipinski definition) is 3. The minimum atomic E-state index is -0.878. The van der Waals surface area contributed by atoms with Crippen LogP contribution in [0.25, 0.3) is 0 Å². The maximum absolute atomic E-state index is 12.3. The molecule has 1 unspecified atom stereocenters. The zero-order chi connectivity index (χ0) is 15.0. The van der Waals surface area contributed by atoms with Gasteiger partial charge in [-0.15, -0.1) is 0 Å². The second kappa shape index (κ2) is 5.18. The molecule has 3 rings (SSSR count). The fourth-order valence-electron chi connectivity index (χ4n) is 3.12. The number of nitrogens with one attached hydrogen (secondary N) is 1. The maximum atomic E-state index is 12.3. The Hall–Kier alpha value is -1.82. The third kappa shape index (κ3) is 2.81. The van der Waals surface area contributed by atoms with Gasteiger partial charge < -0.3 is 15.3 Å². The van der Waals surface area contributed by atoms with Gasteiger partial charge in [-0.2, -0.15) is 0 Å². The summed E-state index contributed by atoms with van der Waals surface area (Å²) in [5, 5.41) is 12.3. The van der Waals surface area contributed by atoms with Gasteiger partial charge in [0.1, 0.15) is 0 Å². The highest BCUT2D eigenvalue weighted by molar-refractivity contribution is 6.30. The molecule has 1 saturated carbocycles. The molecule has 6 nitrogen and oxygen atoms in total. The molecule has 0 aromatic carbocycles. The molecule has 7 heteroatoms. The summed E-state index contributed by atoms with van der Waals surface area (Å²) in [4.78, 5) is 28.5. The van der Waals surface area contributed by atoms with Crippen LogP contribution in [0, 0.1) is 11.3 Å². The van der Waals surface area contributed by atoms with Crippen molar-refractivity contribution in [2.45, 2.75) is 19.3 Å². The summed E-state index contributed by atoms with van der Waals surface area (Å²) >= 11 is 5.84. The number of nitrogens with zero attached hydrogens (tertiary/aromatic N) is 2. The molecule has 0 radical (unpaired) electrons. The summed E-state index contributed by atoms with van der Waals surface area (Å²) in [7, 11) is 0. The number of piperidine rings is 1. The molecular weight excluding hydrogens is 294 g/mol. The van der Waals surface area contributed by atoms with Gasteiger partial charge >= 0.3 is 6.09 Å². The number of likely N-dealkylation sites (tertiary alicyclic amines) is 1. The molecule has 0 bridgehead atoms. The first-order chi connectivity index (χ1) is 10.00. The zero-order valence-corrected chi connectivity index (χ0v) is 12.1. The SMILES string of the molecule is O=C(Nc1cncc(Cl)c1)C1CC12CCN(C(=O)O)CC2. The van der Waals surface area contributed by atoms with Gasteiger partial charge in [-0.05, 0) is 30.7 Å². The highest BCUT2D eigenvalue weighted by Crippen LogP contribution is 2.59. The Labute approximate surface area is 127 Å². The van der Waals surface area contributed by atoms with E-state index in [1.165, 1.54) is 11.1 Å². The minimum absolute atomic E-state index is 0.0119. The van der Waals surface area contributed by atoms with Crippen molar-refractivity contribution in [3.05, 3.63) is 23.5 Å². The van der Waals surface area contributed by atoms with Crippen LogP contribution in [0.5, 0.6) is 0 Å². The van der Waals surface area contributed by atoms with E-state index in [9.17, 15) is 9.59 Å². The number of hydrogen-bond donors (Lipinski definition) is 2. The van der Waals surface area contributed by atoms with E-state index in [0.29, 0.717) is 23.8 Å². The molecule has 2 amide bonds. The summed E-state index contributed by atoms with van der Waals surface area (Å²) in [6.07, 6.45) is 4.54. The molecule has 1 aromatic heterocycles. The van der Waals surface area contributed by atoms with Crippen LogP contribution >= 0.6 is 11.6 Å². The predicted molar refractivity (Wildman–Crippen MR) is 77.2 cm³/mol. The number of rotatable bonds is 2. The van der Waals surface area contributed by atoms with Gasteiger partial charge in [0.05, 0.1) is 16.9 Å². The molecule has 1 spiro atoms. The van der Waals surface area contributed by atoms with Crippen molar-refractivity contribution < 1.29 is 14.7 Å². The second-order valence-corrected chi connectivity index (χ2v) is 6.21. The second-order valence-electron chi connectivity index (χ2n) is 5.77. The van der Waals surface area contributed by atoms with Crippen molar-refractivity contribution in [1.82, 2.24) is 9.88 Å². The van der Waals surface area contributed by atoms with Gasteiger partial charge in [0.25, 0.3) is 0 Å². The van der Waals surface area contributed by atoms with Gasteiger partial charge in [0.15, 0.2) is 0 Å². The molecule has 2 heterocycles. The Morgan fingerprint density at radius 1 is 1.38 bits per heavy atom. The van der Waals surface area contributed by atoms with Crippen LogP contribution in [0.2, 0.25) is 5.02 Å². The molecule has 2 fully saturated rings. The van der Waals surface area contributed by atoms with Crippen molar-refractivity contribution in [3.8, 4) is 0 Å². The zero-order valence-electron chi connectivity index (χ0n) is 11.4. The quantitative estimate of drug-likeness (QED) is 0.879. The smallest absolute Gasteiger partial charge is 0.407 e. The van der Waals surface area contributed by atoms with Crippen molar-refractivity contribution in [3.63, 3.8) is 0 Å². The Kier molecular flexibility index (Phi) is 3.49. The van der Waals surface area contributed by atoms with Gasteiger partial charge in [-0.25, -0.2) is 4.79 Å². The van der Waals surface area contributed by atoms with E-state index in [4.69, 9.17) is 16.7 Å². The number of halogens is 1. The summed E-state index contributed by atoms with van der Waals surface area (Å²) in [5.41, 5.74) is 0.583. The number of carbonyl (C=O) groups excluding carboxylic acids is 1. The van der Waals surface area contributed by atoms with Gasteiger partial charge in [0, 0.05) is 25.2 Å². The standard InChI is InChI=1S/C14H16ClN3O3/c15-9-5-10(8-16-7-9)17-12(19)11-6-14(11)1-3-18(4-2-14)13(20)21/h5,7-8,11H,1-4,6H2,(H,17,19)(H,20,21). The maximum Gasteiger partial charge on any atom is 0.407 e. The lowest BCUT2D eigenvalue weighted by Gasteiger charge is -2.30. The van der Waals surface area contributed by atoms with Gasteiger partial charge in [0.2, 0.25) is 5.91 Å². The average Bonchev–Trinajstić information content (AvgIpc) is 3.13. The lowest BCUT2D eigenvalue weighted by molar-refractivity contribution is -0.118. The average molecular weight is 310 g/mol. The molecule has 1 aliphatic carbocycles. The first-order valence-corrected chi connectivity index (χ1v) is 7.27. The van der Waals surface area contributed by atoms with Crippen molar-refractivity contribution in [2.75, 3.05) is 18.4 Å². The Balaban J connectivity index is 1.58. The van der Waals surface area contributed by atoms with Crippen LogP contribution in [0.15, 0.2) is 18.5 Å². The molecule has 2 aliphatic rings. The summed E-state index contributed by atoms with van der Waals surface area (Å²) < 4.78 is 0. The third-order valence-corrected chi connectivity index (χ3v) is 4.72. The highest BCUT2D eigenvalue weighted by Gasteiger charge is 2.58. The van der Waals surface area contributed by atoms with Crippen LogP contribution in [0.3, 0.4) is 0 Å². The number of amides is 2. The van der Waals surface area contributed by atoms with Gasteiger partial charge in [-0.3, -0.25) is 9.78 Å². The van der Waals surface area contributed by atoms with E-state index in [1.807, 2.05) is 0 Å². The molecule has 112 valence electrons. The number of carboxylic acid groups (broad SMARTS) is 1. The first kappa shape index (κ1) is 14.1. The van der Waals surface area contributed by atoms with E-state index in [-0.39, 0.29) is 17.2 Å². The van der Waals surface area contributed by atoms with Crippen molar-refractivity contribution in [2.24, 2.45) is 11.3 Å². The first-order valence-electron chi connectivity index (χ1n) is 6.89. The minimum Gasteiger partial charge on any atom is -0.465 e. The highest BCUT2D eigenvalue weighted by atomic mass is 35.5. The third-order valence-electron chi connectivity index (χ3n) is 4.51. The van der Waals surface area contributed by atoms with E-state index < -0.39 is 6.09 Å². The Bertz CT molecular complexity index is 585. The van der Waals surface area contributed by atoms with E-state index in [1.54, 1.807) is 12.3 Å². The van der Waals surface area contributed by atoms with Crippen LogP contribution in [0.4, 0.5) is 10.5 Å². The van der Waals surface area contributed by atoms with Gasteiger partial charge in [-0.1, -0.05) is 11.6 Å². The summed E-state index contributed by atoms with van der Waals surface area (Å²) in [6, 6.07) is 1.66. The summed E-state index contributed by atoms with van der Waals surface area (Å²) in [5.74, 6) is -0.0599. The number of pyridine rings is 1. The topological polar surface area (TPSA) is 82.5 Å². The molecule has 2 N–H and O–H groups in total. The number of aromatic nitrogens is 1. The van der Waals surface area contributed by atoms with E-state index >= 15 is 0 Å². The molecule has 1 aromatic rings. The lowest BCUT2D eigenvalue weighted by atomic mass is 9.91. The van der Waals surface area contributed by atoms with E-state index in [0.717, 1.165) is 19.3 Å². The Morgan fingerprint density at radius 3 is 2.71 bits per heavy atom. The fourth-order valence-corrected chi connectivity index (χ4v) is 3.30. The molecule has 1 saturated heterocycles. The molecular formula is C14H16ClN3O3. The predicted octanol–water partition coefficient (Wildman–Crippen LogP) is 2.45. The largest absolute Gasteiger partial charge is 0.465 e. The molecule has 1 aliphatic heterocycles. The van der Waals surface area contributed by atoms with E-state index in [2.05, 4.69) is 10.3 Å². The molecule has 21 heavy (non-hydrogen) atoms. The lowest BCUT2D eigenvalue weighted by Crippen LogP contribution is -2.39.